The van der Waals surface area contributed by atoms with Gasteiger partial charge >= 0.3 is 5.97 Å². The third-order valence-corrected chi connectivity index (χ3v) is 3.46. The van der Waals surface area contributed by atoms with Gasteiger partial charge in [0.2, 0.25) is 0 Å². The zero-order chi connectivity index (χ0) is 15.4. The minimum atomic E-state index is -0.244. The molecule has 0 saturated carbocycles. The molecule has 112 valence electrons. The molecule has 0 unspecified atom stereocenters. The first-order valence-corrected chi connectivity index (χ1v) is 7.20. The van der Waals surface area contributed by atoms with Crippen molar-refractivity contribution >= 4 is 11.7 Å². The molecule has 1 heterocycles. The summed E-state index contributed by atoms with van der Waals surface area (Å²) >= 11 is 0. The van der Waals surface area contributed by atoms with Crippen LogP contribution in [0.2, 0.25) is 0 Å². The van der Waals surface area contributed by atoms with Crippen molar-refractivity contribution in [2.75, 3.05) is 11.9 Å². The van der Waals surface area contributed by atoms with Crippen molar-refractivity contribution in [3.8, 4) is 11.5 Å². The van der Waals surface area contributed by atoms with Gasteiger partial charge in [0.1, 0.15) is 5.75 Å². The largest absolute Gasteiger partial charge is 0.462 e. The normalized spacial score (nSPS) is 16.1. The zero-order valence-corrected chi connectivity index (χ0v) is 12.3. The van der Waals surface area contributed by atoms with Crippen molar-refractivity contribution in [2.24, 2.45) is 0 Å². The monoisotopic (exact) mass is 295 g/mol. The number of benzene rings is 2. The Morgan fingerprint density at radius 3 is 2.55 bits per heavy atom. The molecule has 1 saturated heterocycles. The van der Waals surface area contributed by atoms with Gasteiger partial charge in [0, 0.05) is 12.1 Å². The Morgan fingerprint density at radius 1 is 1.09 bits per heavy atom. The van der Waals surface area contributed by atoms with Crippen molar-refractivity contribution in [3.63, 3.8) is 0 Å². The first-order chi connectivity index (χ1) is 10.7. The molecule has 4 heteroatoms. The Labute approximate surface area is 129 Å². The van der Waals surface area contributed by atoms with Gasteiger partial charge in [-0.25, -0.2) is 4.79 Å². The van der Waals surface area contributed by atoms with E-state index >= 15 is 0 Å². The molecule has 0 amide bonds. The highest BCUT2D eigenvalue weighted by Gasteiger charge is 2.21. The van der Waals surface area contributed by atoms with Crippen LogP contribution in [0.3, 0.4) is 0 Å². The van der Waals surface area contributed by atoms with E-state index < -0.39 is 0 Å². The van der Waals surface area contributed by atoms with Crippen LogP contribution in [0.15, 0.2) is 65.9 Å². The van der Waals surface area contributed by atoms with Crippen molar-refractivity contribution in [1.82, 2.24) is 0 Å². The lowest BCUT2D eigenvalue weighted by molar-refractivity contribution is -0.135. The van der Waals surface area contributed by atoms with Crippen molar-refractivity contribution in [1.29, 1.82) is 0 Å². The molecule has 22 heavy (non-hydrogen) atoms. The maximum Gasteiger partial charge on any atom is 0.335 e. The Balaban J connectivity index is 1.84. The van der Waals surface area contributed by atoms with E-state index in [-0.39, 0.29) is 5.97 Å². The summed E-state index contributed by atoms with van der Waals surface area (Å²) in [6.45, 7) is 2.33. The maximum absolute atomic E-state index is 11.6. The number of nitrogens with one attached hydrogen (secondary N) is 1. The summed E-state index contributed by atoms with van der Waals surface area (Å²) in [4.78, 5) is 11.6. The van der Waals surface area contributed by atoms with Gasteiger partial charge in [-0.3, -0.25) is 0 Å². The number of allylic oxidation sites excluding steroid dienone is 1. The van der Waals surface area contributed by atoms with E-state index in [2.05, 4.69) is 5.32 Å². The molecule has 2 aromatic rings. The summed E-state index contributed by atoms with van der Waals surface area (Å²) in [5, 5.41) is 3.26. The van der Waals surface area contributed by atoms with Crippen LogP contribution in [0, 0.1) is 0 Å². The van der Waals surface area contributed by atoms with Crippen molar-refractivity contribution in [2.45, 2.75) is 13.3 Å². The quantitative estimate of drug-likeness (QED) is 0.681. The average Bonchev–Trinajstić information content (AvgIpc) is 2.96. The molecule has 1 aliphatic rings. The van der Waals surface area contributed by atoms with E-state index in [0.29, 0.717) is 24.4 Å². The standard InChI is InChI=1S/C18H17NO3/c1-13(15-11-12-21-18(15)20)19-16-9-5-6-10-17(16)22-14-7-3-2-4-8-14/h2-10,19H,11-12H2,1H3/b15-13+. The molecular formula is C18H17NO3. The highest BCUT2D eigenvalue weighted by Crippen LogP contribution is 2.31. The van der Waals surface area contributed by atoms with Gasteiger partial charge in [-0.2, -0.15) is 0 Å². The third-order valence-electron chi connectivity index (χ3n) is 3.46. The van der Waals surface area contributed by atoms with Gasteiger partial charge < -0.3 is 14.8 Å². The SMILES string of the molecule is C/C(Nc1ccccc1Oc1ccccc1)=C1/CCOC1=O. The number of carbonyl (C=O) groups is 1. The van der Waals surface area contributed by atoms with Gasteiger partial charge in [-0.1, -0.05) is 30.3 Å². The van der Waals surface area contributed by atoms with Crippen LogP contribution in [0.25, 0.3) is 0 Å². The van der Waals surface area contributed by atoms with E-state index in [4.69, 9.17) is 9.47 Å². The Hall–Kier alpha value is -2.75. The average molecular weight is 295 g/mol. The number of ether oxygens (including phenoxy) is 2. The summed E-state index contributed by atoms with van der Waals surface area (Å²) < 4.78 is 10.9. The number of carbonyl (C=O) groups excluding carboxylic acids is 1. The molecule has 0 aliphatic carbocycles. The number of esters is 1. The van der Waals surface area contributed by atoms with E-state index in [1.165, 1.54) is 0 Å². The second-order valence-electron chi connectivity index (χ2n) is 5.03. The summed E-state index contributed by atoms with van der Waals surface area (Å²) in [5.41, 5.74) is 2.30. The molecule has 0 spiro atoms. The lowest BCUT2D eigenvalue weighted by Gasteiger charge is -2.14. The molecule has 1 fully saturated rings. The fourth-order valence-electron chi connectivity index (χ4n) is 2.33. The topological polar surface area (TPSA) is 47.6 Å². The van der Waals surface area contributed by atoms with E-state index in [0.717, 1.165) is 17.1 Å². The van der Waals surface area contributed by atoms with Gasteiger partial charge in [0.25, 0.3) is 0 Å². The van der Waals surface area contributed by atoms with Gasteiger partial charge in [-0.15, -0.1) is 0 Å². The first-order valence-electron chi connectivity index (χ1n) is 7.20. The molecule has 3 rings (SSSR count). The fourth-order valence-corrected chi connectivity index (χ4v) is 2.33. The van der Waals surface area contributed by atoms with E-state index in [9.17, 15) is 4.79 Å². The molecule has 1 N–H and O–H groups in total. The molecule has 2 aromatic carbocycles. The van der Waals surface area contributed by atoms with Gasteiger partial charge in [0.05, 0.1) is 17.9 Å². The Bertz CT molecular complexity index is 707. The van der Waals surface area contributed by atoms with E-state index in [1.54, 1.807) is 0 Å². The molecule has 0 radical (unpaired) electrons. The summed E-state index contributed by atoms with van der Waals surface area (Å²) in [6.07, 6.45) is 0.638. The number of hydrogen-bond donors (Lipinski definition) is 1. The van der Waals surface area contributed by atoms with Crippen LogP contribution in [0.5, 0.6) is 11.5 Å². The predicted molar refractivity (Wildman–Crippen MR) is 84.9 cm³/mol. The first kappa shape index (κ1) is 14.2. The summed E-state index contributed by atoms with van der Waals surface area (Å²) in [7, 11) is 0. The lowest BCUT2D eigenvalue weighted by atomic mass is 10.1. The highest BCUT2D eigenvalue weighted by molar-refractivity contribution is 5.91. The molecule has 4 nitrogen and oxygen atoms in total. The molecule has 0 aromatic heterocycles. The number of anilines is 1. The maximum atomic E-state index is 11.6. The van der Waals surface area contributed by atoms with Gasteiger partial charge in [0.15, 0.2) is 5.75 Å². The summed E-state index contributed by atoms with van der Waals surface area (Å²) in [6, 6.07) is 17.2. The smallest absolute Gasteiger partial charge is 0.335 e. The van der Waals surface area contributed by atoms with Crippen LogP contribution in [-0.4, -0.2) is 12.6 Å². The van der Waals surface area contributed by atoms with Crippen LogP contribution in [-0.2, 0) is 9.53 Å². The second kappa shape index (κ2) is 6.35. The highest BCUT2D eigenvalue weighted by atomic mass is 16.5. The van der Waals surface area contributed by atoms with Crippen LogP contribution in [0.1, 0.15) is 13.3 Å². The van der Waals surface area contributed by atoms with Crippen LogP contribution in [0.4, 0.5) is 5.69 Å². The molecule has 0 bridgehead atoms. The molecular weight excluding hydrogens is 278 g/mol. The van der Waals surface area contributed by atoms with Crippen LogP contribution < -0.4 is 10.1 Å². The van der Waals surface area contributed by atoms with E-state index in [1.807, 2.05) is 61.5 Å². The Kier molecular flexibility index (Phi) is 4.10. The van der Waals surface area contributed by atoms with Crippen LogP contribution >= 0.6 is 0 Å². The number of cyclic esters (lactones) is 1. The minimum absolute atomic E-state index is 0.244. The third kappa shape index (κ3) is 3.11. The fraction of sp³-hybridized carbons (Fsp3) is 0.167. The Morgan fingerprint density at radius 2 is 1.82 bits per heavy atom. The zero-order valence-electron chi connectivity index (χ0n) is 12.3. The minimum Gasteiger partial charge on any atom is -0.462 e. The lowest BCUT2D eigenvalue weighted by Crippen LogP contribution is -2.05. The van der Waals surface area contributed by atoms with Gasteiger partial charge in [-0.05, 0) is 31.2 Å². The molecule has 0 atom stereocenters. The second-order valence-corrected chi connectivity index (χ2v) is 5.03. The number of rotatable bonds is 4. The van der Waals surface area contributed by atoms with Crippen molar-refractivity contribution < 1.29 is 14.3 Å². The summed E-state index contributed by atoms with van der Waals surface area (Å²) in [5.74, 6) is 1.23. The number of hydrogen-bond acceptors (Lipinski definition) is 4. The number of para-hydroxylation sites is 3. The van der Waals surface area contributed by atoms with Crippen molar-refractivity contribution in [3.05, 3.63) is 65.9 Å². The predicted octanol–water partition coefficient (Wildman–Crippen LogP) is 4.11. The molecule has 1 aliphatic heterocycles.